The van der Waals surface area contributed by atoms with Crippen molar-refractivity contribution in [1.82, 2.24) is 0 Å². The van der Waals surface area contributed by atoms with Gasteiger partial charge in [0.15, 0.2) is 0 Å². The number of aliphatic hydroxyl groups excluding tert-OH is 1. The van der Waals surface area contributed by atoms with Crippen molar-refractivity contribution in [2.75, 3.05) is 0 Å². The zero-order valence-corrected chi connectivity index (χ0v) is 8.94. The zero-order chi connectivity index (χ0) is 10.1. The van der Waals surface area contributed by atoms with Crippen LogP contribution in [0.15, 0.2) is 22.4 Å². The van der Waals surface area contributed by atoms with Crippen LogP contribution in [0.1, 0.15) is 15.9 Å². The first-order valence-electron chi connectivity index (χ1n) is 4.05. The fourth-order valence-corrected chi connectivity index (χ4v) is 2.87. The summed E-state index contributed by atoms with van der Waals surface area (Å²) in [5.74, 6) is 0. The van der Waals surface area contributed by atoms with Gasteiger partial charge in [-0.1, -0.05) is 0 Å². The van der Waals surface area contributed by atoms with E-state index < -0.39 is 0 Å². The second-order valence-corrected chi connectivity index (χ2v) is 4.34. The van der Waals surface area contributed by atoms with Gasteiger partial charge in [0.1, 0.15) is 6.29 Å². The number of benzene rings is 1. The normalized spacial score (nSPS) is 10.7. The Labute approximate surface area is 90.6 Å². The van der Waals surface area contributed by atoms with Crippen molar-refractivity contribution in [2.24, 2.45) is 0 Å². The van der Waals surface area contributed by atoms with E-state index in [0.29, 0.717) is 5.56 Å². The lowest BCUT2D eigenvalue weighted by Crippen LogP contribution is -1.88. The second kappa shape index (κ2) is 3.73. The molecule has 0 unspecified atom stereocenters. The molecular weight excluding hydrogens is 216 g/mol. The number of hydrogen-bond acceptors (Lipinski definition) is 4. The number of hydrogen-bond donors (Lipinski definition) is 2. The molecule has 0 spiro atoms. The molecule has 72 valence electrons. The van der Waals surface area contributed by atoms with Crippen LogP contribution in [0.3, 0.4) is 0 Å². The average molecular weight is 224 g/mol. The number of aldehydes is 1. The molecule has 0 fully saturated rings. The standard InChI is InChI=1S/C10H8O2S2/c11-3-6-1-7(4-12)10-8(13)5-14-9(10)2-6/h1-3,5,12-13H,4H2. The van der Waals surface area contributed by atoms with E-state index in [-0.39, 0.29) is 6.61 Å². The number of thiol groups is 1. The molecule has 2 aromatic rings. The van der Waals surface area contributed by atoms with E-state index in [1.807, 2.05) is 11.4 Å². The summed E-state index contributed by atoms with van der Waals surface area (Å²) >= 11 is 5.83. The molecule has 0 atom stereocenters. The Balaban J connectivity index is 2.82. The lowest BCUT2D eigenvalue weighted by Gasteiger charge is -2.01. The molecular formula is C10H8O2S2. The quantitative estimate of drug-likeness (QED) is 0.607. The third-order valence-electron chi connectivity index (χ3n) is 2.07. The van der Waals surface area contributed by atoms with Gasteiger partial charge in [0.25, 0.3) is 0 Å². The number of carbonyl (C=O) groups excluding carboxylic acids is 1. The summed E-state index contributed by atoms with van der Waals surface area (Å²) in [6.07, 6.45) is 0.788. The average Bonchev–Trinajstić information content (AvgIpc) is 2.59. The number of rotatable bonds is 2. The Bertz CT molecular complexity index is 488. The number of fused-ring (bicyclic) bond motifs is 1. The second-order valence-electron chi connectivity index (χ2n) is 2.95. The third-order valence-corrected chi connectivity index (χ3v) is 3.52. The molecule has 0 saturated carbocycles. The molecule has 4 heteroatoms. The van der Waals surface area contributed by atoms with E-state index in [2.05, 4.69) is 12.6 Å². The van der Waals surface area contributed by atoms with Gasteiger partial charge in [0, 0.05) is 25.9 Å². The predicted molar refractivity (Wildman–Crippen MR) is 60.4 cm³/mol. The summed E-state index contributed by atoms with van der Waals surface area (Å²) in [6.45, 7) is -0.0670. The van der Waals surface area contributed by atoms with Crippen molar-refractivity contribution in [1.29, 1.82) is 0 Å². The smallest absolute Gasteiger partial charge is 0.150 e. The minimum Gasteiger partial charge on any atom is -0.392 e. The monoisotopic (exact) mass is 224 g/mol. The van der Waals surface area contributed by atoms with Crippen LogP contribution in [0.5, 0.6) is 0 Å². The Kier molecular flexibility index (Phi) is 2.58. The highest BCUT2D eigenvalue weighted by Gasteiger charge is 2.07. The maximum Gasteiger partial charge on any atom is 0.150 e. The van der Waals surface area contributed by atoms with Gasteiger partial charge in [0.2, 0.25) is 0 Å². The molecule has 0 aliphatic carbocycles. The van der Waals surface area contributed by atoms with Crippen LogP contribution in [0.25, 0.3) is 10.1 Å². The van der Waals surface area contributed by atoms with Gasteiger partial charge in [-0.2, -0.15) is 0 Å². The summed E-state index contributed by atoms with van der Waals surface area (Å²) in [6, 6.07) is 3.51. The van der Waals surface area contributed by atoms with Crippen LogP contribution in [0.4, 0.5) is 0 Å². The van der Waals surface area contributed by atoms with Gasteiger partial charge in [-0.15, -0.1) is 24.0 Å². The van der Waals surface area contributed by atoms with Gasteiger partial charge >= 0.3 is 0 Å². The summed E-state index contributed by atoms with van der Waals surface area (Å²) in [5.41, 5.74) is 1.35. The Hall–Kier alpha value is -0.840. The molecule has 0 aliphatic heterocycles. The van der Waals surface area contributed by atoms with Crippen LogP contribution in [-0.4, -0.2) is 11.4 Å². The first-order valence-corrected chi connectivity index (χ1v) is 5.38. The molecule has 0 amide bonds. The third kappa shape index (κ3) is 1.45. The largest absolute Gasteiger partial charge is 0.392 e. The molecule has 0 bridgehead atoms. The number of carbonyl (C=O) groups is 1. The van der Waals surface area contributed by atoms with Crippen molar-refractivity contribution < 1.29 is 9.90 Å². The summed E-state index contributed by atoms with van der Waals surface area (Å²) in [5, 5.41) is 12.0. The summed E-state index contributed by atoms with van der Waals surface area (Å²) in [7, 11) is 0. The molecule has 1 heterocycles. The van der Waals surface area contributed by atoms with Crippen molar-refractivity contribution >= 4 is 40.3 Å². The minimum absolute atomic E-state index is 0.0670. The van der Waals surface area contributed by atoms with Crippen molar-refractivity contribution in [2.45, 2.75) is 11.5 Å². The van der Waals surface area contributed by atoms with Gasteiger partial charge in [0.05, 0.1) is 6.61 Å². The molecule has 0 aliphatic rings. The first-order chi connectivity index (χ1) is 6.76. The van der Waals surface area contributed by atoms with Crippen LogP contribution in [0.2, 0.25) is 0 Å². The van der Waals surface area contributed by atoms with Crippen LogP contribution in [0, 0.1) is 0 Å². The topological polar surface area (TPSA) is 37.3 Å². The van der Waals surface area contributed by atoms with Crippen molar-refractivity contribution in [3.63, 3.8) is 0 Å². The minimum atomic E-state index is -0.0670. The van der Waals surface area contributed by atoms with Gasteiger partial charge in [-0.05, 0) is 17.7 Å². The van der Waals surface area contributed by atoms with E-state index in [9.17, 15) is 4.79 Å². The molecule has 0 radical (unpaired) electrons. The molecule has 1 aromatic carbocycles. The Morgan fingerprint density at radius 2 is 2.29 bits per heavy atom. The lowest BCUT2D eigenvalue weighted by molar-refractivity contribution is 0.112. The maximum absolute atomic E-state index is 10.6. The summed E-state index contributed by atoms with van der Waals surface area (Å²) in [4.78, 5) is 11.5. The molecule has 1 aromatic heterocycles. The predicted octanol–water partition coefficient (Wildman–Crippen LogP) is 2.49. The molecule has 14 heavy (non-hydrogen) atoms. The summed E-state index contributed by atoms with van der Waals surface area (Å²) < 4.78 is 0.989. The van der Waals surface area contributed by atoms with E-state index in [0.717, 1.165) is 26.8 Å². The number of thiophene rings is 1. The highest BCUT2D eigenvalue weighted by Crippen LogP contribution is 2.32. The van der Waals surface area contributed by atoms with E-state index in [1.165, 1.54) is 11.3 Å². The van der Waals surface area contributed by atoms with E-state index in [1.54, 1.807) is 6.07 Å². The lowest BCUT2D eigenvalue weighted by atomic mass is 10.1. The highest BCUT2D eigenvalue weighted by molar-refractivity contribution is 7.80. The van der Waals surface area contributed by atoms with Gasteiger partial charge in [-0.25, -0.2) is 0 Å². The van der Waals surface area contributed by atoms with Gasteiger partial charge in [-0.3, -0.25) is 4.79 Å². The van der Waals surface area contributed by atoms with Crippen molar-refractivity contribution in [3.05, 3.63) is 28.6 Å². The Morgan fingerprint density at radius 1 is 1.50 bits per heavy atom. The van der Waals surface area contributed by atoms with E-state index >= 15 is 0 Å². The van der Waals surface area contributed by atoms with Crippen LogP contribution in [-0.2, 0) is 6.61 Å². The SMILES string of the molecule is O=Cc1cc(CO)c2c(S)csc2c1. The highest BCUT2D eigenvalue weighted by atomic mass is 32.1. The zero-order valence-electron chi connectivity index (χ0n) is 7.23. The molecule has 0 saturated heterocycles. The number of aliphatic hydroxyl groups is 1. The van der Waals surface area contributed by atoms with Gasteiger partial charge < -0.3 is 5.11 Å². The first kappa shape index (κ1) is 9.71. The van der Waals surface area contributed by atoms with Crippen molar-refractivity contribution in [3.8, 4) is 0 Å². The maximum atomic E-state index is 10.6. The fraction of sp³-hybridized carbons (Fsp3) is 0.100. The fourth-order valence-electron chi connectivity index (χ4n) is 1.45. The van der Waals surface area contributed by atoms with Crippen LogP contribution < -0.4 is 0 Å². The van der Waals surface area contributed by atoms with Crippen LogP contribution >= 0.6 is 24.0 Å². The van der Waals surface area contributed by atoms with E-state index in [4.69, 9.17) is 5.11 Å². The molecule has 2 rings (SSSR count). The molecule has 2 nitrogen and oxygen atoms in total. The Morgan fingerprint density at radius 3 is 2.93 bits per heavy atom. The molecule has 1 N–H and O–H groups in total.